The monoisotopic (exact) mass is 280 g/mol. The van der Waals surface area contributed by atoms with E-state index in [0.29, 0.717) is 26.1 Å². The van der Waals surface area contributed by atoms with E-state index >= 15 is 0 Å². The molecule has 110 valence electrons. The van der Waals surface area contributed by atoms with Gasteiger partial charge in [0.25, 0.3) is 0 Å². The summed E-state index contributed by atoms with van der Waals surface area (Å²) in [5, 5.41) is 5.24. The second-order valence-electron chi connectivity index (χ2n) is 4.02. The summed E-state index contributed by atoms with van der Waals surface area (Å²) in [6.07, 6.45) is -0.180. The predicted molar refractivity (Wildman–Crippen MR) is 74.7 cm³/mol. The molecule has 20 heavy (non-hydrogen) atoms. The van der Waals surface area contributed by atoms with Crippen LogP contribution in [0.3, 0.4) is 0 Å². The first-order valence-corrected chi connectivity index (χ1v) is 6.46. The van der Waals surface area contributed by atoms with Crippen molar-refractivity contribution in [3.8, 4) is 5.75 Å². The molecular formula is C14H20N2O4. The lowest BCUT2D eigenvalue weighted by molar-refractivity contribution is -0.120. The van der Waals surface area contributed by atoms with Crippen molar-refractivity contribution < 1.29 is 19.1 Å². The lowest BCUT2D eigenvalue weighted by Gasteiger charge is -2.07. The molecular weight excluding hydrogens is 260 g/mol. The van der Waals surface area contributed by atoms with E-state index in [1.807, 2.05) is 24.3 Å². The summed E-state index contributed by atoms with van der Waals surface area (Å²) in [4.78, 5) is 22.6. The lowest BCUT2D eigenvalue weighted by Crippen LogP contribution is -2.35. The molecule has 2 N–H and O–H groups in total. The van der Waals surface area contributed by atoms with Gasteiger partial charge < -0.3 is 20.1 Å². The fourth-order valence-electron chi connectivity index (χ4n) is 1.54. The van der Waals surface area contributed by atoms with Gasteiger partial charge in [-0.1, -0.05) is 12.1 Å². The van der Waals surface area contributed by atoms with Crippen molar-refractivity contribution in [3.05, 3.63) is 29.8 Å². The highest BCUT2D eigenvalue weighted by Gasteiger charge is 2.04. The highest BCUT2D eigenvalue weighted by Crippen LogP contribution is 2.11. The minimum atomic E-state index is -0.475. The molecule has 0 aliphatic carbocycles. The maximum atomic E-state index is 11.7. The van der Waals surface area contributed by atoms with Crippen molar-refractivity contribution in [1.82, 2.24) is 10.6 Å². The van der Waals surface area contributed by atoms with Gasteiger partial charge in [-0.15, -0.1) is 0 Å². The standard InChI is InChI=1S/C14H20N2O4/c1-3-20-14(18)16-9-8-15-13(17)10-11-4-6-12(19-2)7-5-11/h4-7H,3,8-10H2,1-2H3,(H,15,17)(H,16,18). The van der Waals surface area contributed by atoms with Gasteiger partial charge in [-0.25, -0.2) is 4.79 Å². The molecule has 0 aliphatic heterocycles. The summed E-state index contributed by atoms with van der Waals surface area (Å²) in [5.41, 5.74) is 0.904. The van der Waals surface area contributed by atoms with Crippen LogP contribution in [0.2, 0.25) is 0 Å². The Labute approximate surface area is 118 Å². The number of amides is 2. The second kappa shape index (κ2) is 8.79. The zero-order valence-electron chi connectivity index (χ0n) is 11.8. The maximum Gasteiger partial charge on any atom is 0.407 e. The topological polar surface area (TPSA) is 76.7 Å². The van der Waals surface area contributed by atoms with Crippen molar-refractivity contribution in [2.24, 2.45) is 0 Å². The summed E-state index contributed by atoms with van der Waals surface area (Å²) in [6, 6.07) is 7.31. The number of benzene rings is 1. The van der Waals surface area contributed by atoms with Gasteiger partial charge in [0.15, 0.2) is 0 Å². The molecule has 0 saturated carbocycles. The maximum absolute atomic E-state index is 11.7. The van der Waals surface area contributed by atoms with Crippen molar-refractivity contribution >= 4 is 12.0 Å². The molecule has 0 radical (unpaired) electrons. The van der Waals surface area contributed by atoms with Crippen LogP contribution in [0.25, 0.3) is 0 Å². The van der Waals surface area contributed by atoms with Crippen LogP contribution in [-0.2, 0) is 16.0 Å². The highest BCUT2D eigenvalue weighted by atomic mass is 16.5. The minimum absolute atomic E-state index is 0.0965. The summed E-state index contributed by atoms with van der Waals surface area (Å²) in [6.45, 7) is 2.77. The summed E-state index contributed by atoms with van der Waals surface area (Å²) in [5.74, 6) is 0.661. The average Bonchev–Trinajstić information content (AvgIpc) is 2.45. The Hall–Kier alpha value is -2.24. The van der Waals surface area contributed by atoms with Gasteiger partial charge in [-0.3, -0.25) is 4.79 Å². The first-order chi connectivity index (χ1) is 9.65. The van der Waals surface area contributed by atoms with Gasteiger partial charge in [0, 0.05) is 13.1 Å². The number of nitrogens with one attached hydrogen (secondary N) is 2. The number of alkyl carbamates (subject to hydrolysis) is 1. The molecule has 0 fully saturated rings. The molecule has 0 bridgehead atoms. The predicted octanol–water partition coefficient (Wildman–Crippen LogP) is 1.10. The van der Waals surface area contributed by atoms with Crippen LogP contribution < -0.4 is 15.4 Å². The molecule has 1 aromatic carbocycles. The zero-order chi connectivity index (χ0) is 14.8. The molecule has 0 aliphatic rings. The van der Waals surface area contributed by atoms with E-state index in [-0.39, 0.29) is 5.91 Å². The molecule has 0 spiro atoms. The number of hydrogen-bond acceptors (Lipinski definition) is 4. The molecule has 6 heteroatoms. The number of ether oxygens (including phenoxy) is 2. The number of carbonyl (C=O) groups is 2. The van der Waals surface area contributed by atoms with Crippen molar-refractivity contribution in [3.63, 3.8) is 0 Å². The SMILES string of the molecule is CCOC(=O)NCCNC(=O)Cc1ccc(OC)cc1. The van der Waals surface area contributed by atoms with Gasteiger partial charge in [0.1, 0.15) is 5.75 Å². The van der Waals surface area contributed by atoms with Gasteiger partial charge in [0.2, 0.25) is 5.91 Å². The van der Waals surface area contributed by atoms with Crippen LogP contribution in [-0.4, -0.2) is 38.8 Å². The van der Waals surface area contributed by atoms with Crippen LogP contribution in [0, 0.1) is 0 Å². The number of rotatable bonds is 7. The van der Waals surface area contributed by atoms with Crippen LogP contribution >= 0.6 is 0 Å². The Balaban J connectivity index is 2.21. The van der Waals surface area contributed by atoms with Crippen LogP contribution in [0.4, 0.5) is 4.79 Å². The number of carbonyl (C=O) groups excluding carboxylic acids is 2. The normalized spacial score (nSPS) is 9.70. The van der Waals surface area contributed by atoms with E-state index in [4.69, 9.17) is 9.47 Å². The van der Waals surface area contributed by atoms with Gasteiger partial charge in [0.05, 0.1) is 20.1 Å². The third kappa shape index (κ3) is 6.08. The molecule has 0 heterocycles. The van der Waals surface area contributed by atoms with E-state index in [0.717, 1.165) is 11.3 Å². The molecule has 6 nitrogen and oxygen atoms in total. The zero-order valence-corrected chi connectivity index (χ0v) is 11.8. The molecule has 2 amide bonds. The van der Waals surface area contributed by atoms with E-state index in [1.165, 1.54) is 0 Å². The minimum Gasteiger partial charge on any atom is -0.497 e. The van der Waals surface area contributed by atoms with Crippen molar-refractivity contribution in [2.75, 3.05) is 26.8 Å². The summed E-state index contributed by atoms with van der Waals surface area (Å²) >= 11 is 0. The van der Waals surface area contributed by atoms with E-state index in [1.54, 1.807) is 14.0 Å². The average molecular weight is 280 g/mol. The first kappa shape index (κ1) is 15.8. The van der Waals surface area contributed by atoms with E-state index < -0.39 is 6.09 Å². The van der Waals surface area contributed by atoms with Gasteiger partial charge in [-0.2, -0.15) is 0 Å². The Morgan fingerprint density at radius 3 is 2.35 bits per heavy atom. The highest BCUT2D eigenvalue weighted by molar-refractivity contribution is 5.78. The summed E-state index contributed by atoms with van der Waals surface area (Å²) < 4.78 is 9.74. The Bertz CT molecular complexity index is 431. The van der Waals surface area contributed by atoms with E-state index in [2.05, 4.69) is 10.6 Å². The van der Waals surface area contributed by atoms with Crippen LogP contribution in [0.5, 0.6) is 5.75 Å². The third-order valence-corrected chi connectivity index (χ3v) is 2.52. The van der Waals surface area contributed by atoms with E-state index in [9.17, 15) is 9.59 Å². The quantitative estimate of drug-likeness (QED) is 0.733. The molecule has 1 rings (SSSR count). The Kier molecular flexibility index (Phi) is 6.95. The molecule has 0 unspecified atom stereocenters. The van der Waals surface area contributed by atoms with Gasteiger partial charge >= 0.3 is 6.09 Å². The first-order valence-electron chi connectivity index (χ1n) is 6.46. The lowest BCUT2D eigenvalue weighted by atomic mass is 10.1. The van der Waals surface area contributed by atoms with Crippen LogP contribution in [0.15, 0.2) is 24.3 Å². The fraction of sp³-hybridized carbons (Fsp3) is 0.429. The van der Waals surface area contributed by atoms with Crippen LogP contribution in [0.1, 0.15) is 12.5 Å². The molecule has 0 saturated heterocycles. The third-order valence-electron chi connectivity index (χ3n) is 2.52. The molecule has 0 aromatic heterocycles. The summed E-state index contributed by atoms with van der Waals surface area (Å²) in [7, 11) is 1.60. The fourth-order valence-corrected chi connectivity index (χ4v) is 1.54. The van der Waals surface area contributed by atoms with Crippen molar-refractivity contribution in [1.29, 1.82) is 0 Å². The number of methoxy groups -OCH3 is 1. The molecule has 0 atom stereocenters. The van der Waals surface area contributed by atoms with Crippen molar-refractivity contribution in [2.45, 2.75) is 13.3 Å². The van der Waals surface area contributed by atoms with Gasteiger partial charge in [-0.05, 0) is 24.6 Å². The smallest absolute Gasteiger partial charge is 0.407 e. The number of hydrogen-bond donors (Lipinski definition) is 2. The Morgan fingerprint density at radius 1 is 1.10 bits per heavy atom. The Morgan fingerprint density at radius 2 is 1.75 bits per heavy atom. The largest absolute Gasteiger partial charge is 0.497 e. The second-order valence-corrected chi connectivity index (χ2v) is 4.02. The molecule has 1 aromatic rings.